The van der Waals surface area contributed by atoms with Gasteiger partial charge in [0.1, 0.15) is 5.69 Å². The Hall–Kier alpha value is -0.900. The number of carbonyl (C=O) groups excluding carboxylic acids is 1. The van der Waals surface area contributed by atoms with Crippen LogP contribution in [-0.4, -0.2) is 17.9 Å². The molecule has 1 heterocycles. The quantitative estimate of drug-likeness (QED) is 0.730. The lowest BCUT2D eigenvalue weighted by molar-refractivity contribution is 0.101. The highest BCUT2D eigenvalue weighted by atomic mass is 79.9. The first-order valence-electron chi connectivity index (χ1n) is 3.36. The SMILES string of the molecule is COc1nc(C(C)=O)ccc1Br. The summed E-state index contributed by atoms with van der Waals surface area (Å²) in [5, 5.41) is 0. The van der Waals surface area contributed by atoms with Crippen molar-refractivity contribution in [3.05, 3.63) is 22.3 Å². The molecule has 0 N–H and O–H groups in total. The monoisotopic (exact) mass is 229 g/mol. The number of aromatic nitrogens is 1. The predicted molar refractivity (Wildman–Crippen MR) is 48.5 cm³/mol. The number of methoxy groups -OCH3 is 1. The summed E-state index contributed by atoms with van der Waals surface area (Å²) < 4.78 is 5.67. The van der Waals surface area contributed by atoms with Crippen molar-refractivity contribution < 1.29 is 9.53 Å². The molecule has 0 atom stereocenters. The average Bonchev–Trinajstić information content (AvgIpc) is 2.05. The van der Waals surface area contributed by atoms with Gasteiger partial charge >= 0.3 is 0 Å². The van der Waals surface area contributed by atoms with Gasteiger partial charge in [-0.1, -0.05) is 0 Å². The molecule has 1 aromatic heterocycles. The Kier molecular flexibility index (Phi) is 2.81. The molecule has 0 saturated carbocycles. The summed E-state index contributed by atoms with van der Waals surface area (Å²) >= 11 is 3.24. The highest BCUT2D eigenvalue weighted by Gasteiger charge is 2.05. The zero-order chi connectivity index (χ0) is 9.14. The van der Waals surface area contributed by atoms with Gasteiger partial charge in [0, 0.05) is 6.92 Å². The third kappa shape index (κ3) is 1.82. The minimum Gasteiger partial charge on any atom is -0.480 e. The molecular formula is C8H8BrNO2. The predicted octanol–water partition coefficient (Wildman–Crippen LogP) is 2.06. The summed E-state index contributed by atoms with van der Waals surface area (Å²) in [5.74, 6) is 0.364. The fourth-order valence-corrected chi connectivity index (χ4v) is 1.15. The van der Waals surface area contributed by atoms with Gasteiger partial charge in [0.05, 0.1) is 11.6 Å². The van der Waals surface area contributed by atoms with Crippen molar-refractivity contribution in [2.75, 3.05) is 7.11 Å². The van der Waals surface area contributed by atoms with E-state index in [0.717, 1.165) is 4.47 Å². The van der Waals surface area contributed by atoms with E-state index in [1.54, 1.807) is 12.1 Å². The second kappa shape index (κ2) is 3.67. The van der Waals surface area contributed by atoms with E-state index in [9.17, 15) is 4.79 Å². The van der Waals surface area contributed by atoms with Crippen LogP contribution in [0.4, 0.5) is 0 Å². The third-order valence-corrected chi connectivity index (χ3v) is 1.97. The maximum atomic E-state index is 10.9. The fourth-order valence-electron chi connectivity index (χ4n) is 0.763. The van der Waals surface area contributed by atoms with Crippen LogP contribution in [0.25, 0.3) is 0 Å². The summed E-state index contributed by atoms with van der Waals surface area (Å²) in [6, 6.07) is 3.39. The van der Waals surface area contributed by atoms with E-state index in [-0.39, 0.29) is 5.78 Å². The highest BCUT2D eigenvalue weighted by Crippen LogP contribution is 2.21. The minimum absolute atomic E-state index is 0.0687. The molecule has 1 rings (SSSR count). The maximum Gasteiger partial charge on any atom is 0.228 e. The van der Waals surface area contributed by atoms with Crippen LogP contribution in [0.15, 0.2) is 16.6 Å². The molecule has 0 saturated heterocycles. The van der Waals surface area contributed by atoms with Crippen molar-refractivity contribution in [1.29, 1.82) is 0 Å². The highest BCUT2D eigenvalue weighted by molar-refractivity contribution is 9.10. The lowest BCUT2D eigenvalue weighted by Crippen LogP contribution is -1.98. The molecular weight excluding hydrogens is 222 g/mol. The fraction of sp³-hybridized carbons (Fsp3) is 0.250. The standard InChI is InChI=1S/C8H8BrNO2/c1-5(11)7-4-3-6(9)8(10-7)12-2/h3-4H,1-2H3. The number of pyridine rings is 1. The zero-order valence-electron chi connectivity index (χ0n) is 6.80. The molecule has 0 unspecified atom stereocenters. The molecule has 0 fully saturated rings. The Morgan fingerprint density at radius 1 is 1.58 bits per heavy atom. The second-order valence-corrected chi connectivity index (χ2v) is 3.10. The summed E-state index contributed by atoms with van der Waals surface area (Å²) in [7, 11) is 1.51. The maximum absolute atomic E-state index is 10.9. The number of ether oxygens (including phenoxy) is 1. The summed E-state index contributed by atoms with van der Waals surface area (Å²) in [6.07, 6.45) is 0. The molecule has 0 aromatic carbocycles. The van der Waals surface area contributed by atoms with Crippen LogP contribution >= 0.6 is 15.9 Å². The van der Waals surface area contributed by atoms with Crippen molar-refractivity contribution >= 4 is 21.7 Å². The van der Waals surface area contributed by atoms with Crippen LogP contribution in [0, 0.1) is 0 Å². The Labute approximate surface area is 78.9 Å². The van der Waals surface area contributed by atoms with Gasteiger partial charge in [0.15, 0.2) is 5.78 Å². The van der Waals surface area contributed by atoms with Crippen LogP contribution < -0.4 is 4.74 Å². The number of rotatable bonds is 2. The summed E-state index contributed by atoms with van der Waals surface area (Å²) in [4.78, 5) is 14.9. The number of halogens is 1. The molecule has 0 radical (unpaired) electrons. The van der Waals surface area contributed by atoms with Gasteiger partial charge < -0.3 is 4.74 Å². The molecule has 0 spiro atoms. The van der Waals surface area contributed by atoms with E-state index in [2.05, 4.69) is 20.9 Å². The number of hydrogen-bond acceptors (Lipinski definition) is 3. The van der Waals surface area contributed by atoms with Gasteiger partial charge in [0.2, 0.25) is 5.88 Å². The van der Waals surface area contributed by atoms with Crippen molar-refractivity contribution in [3.8, 4) is 5.88 Å². The summed E-state index contributed by atoms with van der Waals surface area (Å²) in [5.41, 5.74) is 0.412. The number of carbonyl (C=O) groups is 1. The van der Waals surface area contributed by atoms with Crippen molar-refractivity contribution in [3.63, 3.8) is 0 Å². The molecule has 0 aliphatic rings. The van der Waals surface area contributed by atoms with Gasteiger partial charge in [-0.2, -0.15) is 0 Å². The van der Waals surface area contributed by atoms with E-state index in [1.165, 1.54) is 14.0 Å². The van der Waals surface area contributed by atoms with Crippen molar-refractivity contribution in [1.82, 2.24) is 4.98 Å². The van der Waals surface area contributed by atoms with Crippen molar-refractivity contribution in [2.24, 2.45) is 0 Å². The largest absolute Gasteiger partial charge is 0.480 e. The topological polar surface area (TPSA) is 39.2 Å². The molecule has 3 nitrogen and oxygen atoms in total. The first-order chi connectivity index (χ1) is 5.65. The molecule has 12 heavy (non-hydrogen) atoms. The van der Waals surface area contributed by atoms with Crippen LogP contribution in [0.5, 0.6) is 5.88 Å². The molecule has 1 aromatic rings. The second-order valence-electron chi connectivity index (χ2n) is 2.24. The lowest BCUT2D eigenvalue weighted by Gasteiger charge is -2.02. The molecule has 64 valence electrons. The Morgan fingerprint density at radius 3 is 2.75 bits per heavy atom. The first-order valence-corrected chi connectivity index (χ1v) is 4.16. The van der Waals surface area contributed by atoms with E-state index in [4.69, 9.17) is 4.74 Å². The number of Topliss-reactive ketones (excluding diaryl/α,β-unsaturated/α-hetero) is 1. The van der Waals surface area contributed by atoms with Gasteiger partial charge in [0.25, 0.3) is 0 Å². The molecule has 0 aliphatic carbocycles. The van der Waals surface area contributed by atoms with E-state index in [1.807, 2.05) is 0 Å². The van der Waals surface area contributed by atoms with Gasteiger partial charge in [-0.15, -0.1) is 0 Å². The lowest BCUT2D eigenvalue weighted by atomic mass is 10.3. The Morgan fingerprint density at radius 2 is 2.25 bits per heavy atom. The minimum atomic E-state index is -0.0687. The number of nitrogens with zero attached hydrogens (tertiary/aromatic N) is 1. The van der Waals surface area contributed by atoms with E-state index >= 15 is 0 Å². The smallest absolute Gasteiger partial charge is 0.228 e. The molecule has 0 bridgehead atoms. The third-order valence-electron chi connectivity index (χ3n) is 1.37. The normalized spacial score (nSPS) is 9.58. The van der Waals surface area contributed by atoms with Gasteiger partial charge in [-0.25, -0.2) is 4.98 Å². The zero-order valence-corrected chi connectivity index (χ0v) is 8.38. The van der Waals surface area contributed by atoms with Crippen LogP contribution in [0.2, 0.25) is 0 Å². The van der Waals surface area contributed by atoms with Gasteiger partial charge in [-0.3, -0.25) is 4.79 Å². The average molecular weight is 230 g/mol. The Balaban J connectivity index is 3.13. The van der Waals surface area contributed by atoms with Crippen LogP contribution in [-0.2, 0) is 0 Å². The number of hydrogen-bond donors (Lipinski definition) is 0. The van der Waals surface area contributed by atoms with Gasteiger partial charge in [-0.05, 0) is 28.1 Å². The van der Waals surface area contributed by atoms with Crippen molar-refractivity contribution in [2.45, 2.75) is 6.92 Å². The molecule has 4 heteroatoms. The van der Waals surface area contributed by atoms with Crippen LogP contribution in [0.1, 0.15) is 17.4 Å². The number of ketones is 1. The van der Waals surface area contributed by atoms with Crippen LogP contribution in [0.3, 0.4) is 0 Å². The Bertz CT molecular complexity index is 312. The molecule has 0 amide bonds. The van der Waals surface area contributed by atoms with E-state index in [0.29, 0.717) is 11.6 Å². The summed E-state index contributed by atoms with van der Waals surface area (Å²) in [6.45, 7) is 1.47. The van der Waals surface area contributed by atoms with E-state index < -0.39 is 0 Å². The first kappa shape index (κ1) is 9.19. The molecule has 0 aliphatic heterocycles.